The van der Waals surface area contributed by atoms with Crippen molar-refractivity contribution in [2.24, 2.45) is 11.7 Å². The summed E-state index contributed by atoms with van der Waals surface area (Å²) in [6, 6.07) is 0.734. The number of likely N-dealkylation sites (N-methyl/N-ethyl adjacent to an activating group) is 1. The molecule has 0 aromatic carbocycles. The Morgan fingerprint density at radius 1 is 1.50 bits per heavy atom. The highest BCUT2D eigenvalue weighted by Gasteiger charge is 2.33. The first-order valence-electron chi connectivity index (χ1n) is 5.31. The van der Waals surface area contributed by atoms with Crippen molar-refractivity contribution in [2.75, 3.05) is 40.3 Å². The lowest BCUT2D eigenvalue weighted by Gasteiger charge is -2.26. The van der Waals surface area contributed by atoms with Gasteiger partial charge in [-0.25, -0.2) is 0 Å². The summed E-state index contributed by atoms with van der Waals surface area (Å²) in [5, 5.41) is 9.16. The molecule has 3 atom stereocenters. The standard InChI is InChI=1S/C10H23N3O/c1-8-5-13(9(4-11)7-14)6-10(8)12(2)3/h8-10,14H,4-7,11H2,1-3H3. The molecule has 0 aromatic heterocycles. The van der Waals surface area contributed by atoms with E-state index in [1.807, 2.05) is 0 Å². The van der Waals surface area contributed by atoms with Crippen molar-refractivity contribution in [3.05, 3.63) is 0 Å². The van der Waals surface area contributed by atoms with Crippen molar-refractivity contribution in [1.82, 2.24) is 9.80 Å². The maximum absolute atomic E-state index is 9.16. The molecule has 1 aliphatic heterocycles. The summed E-state index contributed by atoms with van der Waals surface area (Å²) in [7, 11) is 4.22. The zero-order chi connectivity index (χ0) is 10.7. The van der Waals surface area contributed by atoms with Crippen LogP contribution < -0.4 is 5.73 Å². The molecule has 4 heteroatoms. The first-order valence-corrected chi connectivity index (χ1v) is 5.31. The summed E-state index contributed by atoms with van der Waals surface area (Å²) < 4.78 is 0. The van der Waals surface area contributed by atoms with Gasteiger partial charge in [0.25, 0.3) is 0 Å². The molecule has 0 aliphatic carbocycles. The van der Waals surface area contributed by atoms with E-state index in [1.54, 1.807) is 0 Å². The number of hydrogen-bond acceptors (Lipinski definition) is 4. The third-order valence-corrected chi connectivity index (χ3v) is 3.26. The molecule has 0 saturated carbocycles. The van der Waals surface area contributed by atoms with Crippen LogP contribution in [0.25, 0.3) is 0 Å². The quantitative estimate of drug-likeness (QED) is 0.624. The molecule has 3 N–H and O–H groups in total. The smallest absolute Gasteiger partial charge is 0.0599 e. The Bertz CT molecular complexity index is 171. The molecule has 0 amide bonds. The second kappa shape index (κ2) is 5.07. The van der Waals surface area contributed by atoms with Crippen molar-refractivity contribution in [3.8, 4) is 0 Å². The van der Waals surface area contributed by atoms with Crippen LogP contribution >= 0.6 is 0 Å². The highest BCUT2D eigenvalue weighted by Crippen LogP contribution is 2.21. The Balaban J connectivity index is 2.53. The van der Waals surface area contributed by atoms with Gasteiger partial charge in [0.2, 0.25) is 0 Å². The van der Waals surface area contributed by atoms with Crippen molar-refractivity contribution < 1.29 is 5.11 Å². The van der Waals surface area contributed by atoms with E-state index in [2.05, 4.69) is 30.8 Å². The SMILES string of the molecule is CC1CN(C(CN)CO)CC1N(C)C. The van der Waals surface area contributed by atoms with Crippen molar-refractivity contribution >= 4 is 0 Å². The molecule has 1 fully saturated rings. The molecule has 0 bridgehead atoms. The minimum Gasteiger partial charge on any atom is -0.395 e. The molecule has 1 aliphatic rings. The Morgan fingerprint density at radius 3 is 2.50 bits per heavy atom. The predicted octanol–water partition coefficient (Wildman–Crippen LogP) is -0.812. The summed E-state index contributed by atoms with van der Waals surface area (Å²) in [5.41, 5.74) is 5.61. The van der Waals surface area contributed by atoms with E-state index in [9.17, 15) is 0 Å². The molecule has 1 rings (SSSR count). The van der Waals surface area contributed by atoms with Gasteiger partial charge in [0, 0.05) is 31.7 Å². The Morgan fingerprint density at radius 2 is 2.14 bits per heavy atom. The highest BCUT2D eigenvalue weighted by atomic mass is 16.3. The topological polar surface area (TPSA) is 52.7 Å². The van der Waals surface area contributed by atoms with E-state index < -0.39 is 0 Å². The van der Waals surface area contributed by atoms with Crippen molar-refractivity contribution in [1.29, 1.82) is 0 Å². The maximum Gasteiger partial charge on any atom is 0.0599 e. The molecule has 1 saturated heterocycles. The zero-order valence-electron chi connectivity index (χ0n) is 9.48. The number of rotatable bonds is 4. The molecule has 14 heavy (non-hydrogen) atoms. The summed E-state index contributed by atoms with van der Waals surface area (Å²) >= 11 is 0. The Hall–Kier alpha value is -0.160. The van der Waals surface area contributed by atoms with E-state index in [-0.39, 0.29) is 12.6 Å². The predicted molar refractivity (Wildman–Crippen MR) is 58.1 cm³/mol. The van der Waals surface area contributed by atoms with Gasteiger partial charge >= 0.3 is 0 Å². The third-order valence-electron chi connectivity index (χ3n) is 3.26. The largest absolute Gasteiger partial charge is 0.395 e. The van der Waals surface area contributed by atoms with Crippen LogP contribution in [0.2, 0.25) is 0 Å². The first kappa shape index (κ1) is 11.9. The van der Waals surface area contributed by atoms with Gasteiger partial charge in [-0.1, -0.05) is 6.92 Å². The molecular formula is C10H23N3O. The lowest BCUT2D eigenvalue weighted by Crippen LogP contribution is -2.43. The van der Waals surface area contributed by atoms with Crippen molar-refractivity contribution in [2.45, 2.75) is 19.0 Å². The molecule has 0 radical (unpaired) electrons. The average Bonchev–Trinajstić information content (AvgIpc) is 2.50. The van der Waals surface area contributed by atoms with Gasteiger partial charge in [0.1, 0.15) is 0 Å². The summed E-state index contributed by atoms with van der Waals surface area (Å²) in [5.74, 6) is 0.658. The fraction of sp³-hybridized carbons (Fsp3) is 1.00. The lowest BCUT2D eigenvalue weighted by molar-refractivity contribution is 0.142. The van der Waals surface area contributed by atoms with Gasteiger partial charge in [-0.3, -0.25) is 4.90 Å². The van der Waals surface area contributed by atoms with Crippen molar-refractivity contribution in [3.63, 3.8) is 0 Å². The maximum atomic E-state index is 9.16. The number of aliphatic hydroxyl groups is 1. The molecular weight excluding hydrogens is 178 g/mol. The third kappa shape index (κ3) is 2.45. The number of hydrogen-bond donors (Lipinski definition) is 2. The van der Waals surface area contributed by atoms with Crippen LogP contribution in [0.15, 0.2) is 0 Å². The highest BCUT2D eigenvalue weighted by molar-refractivity contribution is 4.89. The Kier molecular flexibility index (Phi) is 4.31. The van der Waals surface area contributed by atoms with Crippen LogP contribution in [0.3, 0.4) is 0 Å². The summed E-state index contributed by atoms with van der Waals surface area (Å²) in [6.07, 6.45) is 0. The van der Waals surface area contributed by atoms with Crippen LogP contribution in [0.4, 0.5) is 0 Å². The Labute approximate surface area is 86.7 Å². The fourth-order valence-electron chi connectivity index (χ4n) is 2.30. The minimum absolute atomic E-state index is 0.141. The van der Waals surface area contributed by atoms with E-state index in [4.69, 9.17) is 10.8 Å². The zero-order valence-corrected chi connectivity index (χ0v) is 9.48. The fourth-order valence-corrected chi connectivity index (χ4v) is 2.30. The second-order valence-electron chi connectivity index (χ2n) is 4.53. The first-order chi connectivity index (χ1) is 6.60. The van der Waals surface area contributed by atoms with Crippen LogP contribution in [0.5, 0.6) is 0 Å². The van der Waals surface area contributed by atoms with Gasteiger partial charge < -0.3 is 15.7 Å². The number of likely N-dealkylation sites (tertiary alicyclic amines) is 1. The van der Waals surface area contributed by atoms with Crippen LogP contribution in [0.1, 0.15) is 6.92 Å². The average molecular weight is 201 g/mol. The molecule has 4 nitrogen and oxygen atoms in total. The second-order valence-corrected chi connectivity index (χ2v) is 4.53. The van der Waals surface area contributed by atoms with Crippen LogP contribution in [-0.4, -0.2) is 67.3 Å². The molecule has 84 valence electrons. The number of aliphatic hydroxyl groups excluding tert-OH is 1. The summed E-state index contributed by atoms with van der Waals surface area (Å²) in [6.45, 7) is 5.05. The van der Waals surface area contributed by atoms with E-state index in [1.165, 1.54) is 0 Å². The monoisotopic (exact) mass is 201 g/mol. The number of nitrogens with zero attached hydrogens (tertiary/aromatic N) is 2. The van der Waals surface area contributed by atoms with Gasteiger partial charge in [-0.15, -0.1) is 0 Å². The van der Waals surface area contributed by atoms with Gasteiger partial charge in [-0.2, -0.15) is 0 Å². The van der Waals surface area contributed by atoms with Crippen LogP contribution in [-0.2, 0) is 0 Å². The molecule has 0 aromatic rings. The van der Waals surface area contributed by atoms with E-state index >= 15 is 0 Å². The van der Waals surface area contributed by atoms with Crippen LogP contribution in [0, 0.1) is 5.92 Å². The summed E-state index contributed by atoms with van der Waals surface area (Å²) in [4.78, 5) is 4.56. The van der Waals surface area contributed by atoms with E-state index in [0.29, 0.717) is 18.5 Å². The molecule has 1 heterocycles. The molecule has 3 unspecified atom stereocenters. The number of nitrogens with two attached hydrogens (primary N) is 1. The van der Waals surface area contributed by atoms with E-state index in [0.717, 1.165) is 13.1 Å². The van der Waals surface area contributed by atoms with Gasteiger partial charge in [-0.05, 0) is 20.0 Å². The lowest BCUT2D eigenvalue weighted by atomic mass is 10.1. The minimum atomic E-state index is 0.141. The molecule has 0 spiro atoms. The normalized spacial score (nSPS) is 31.3. The van der Waals surface area contributed by atoms with Gasteiger partial charge in [0.15, 0.2) is 0 Å². The van der Waals surface area contributed by atoms with Gasteiger partial charge in [0.05, 0.1) is 6.61 Å².